The Morgan fingerprint density at radius 3 is 2.85 bits per heavy atom. The summed E-state index contributed by atoms with van der Waals surface area (Å²) in [6, 6.07) is 6.29. The van der Waals surface area contributed by atoms with Crippen LogP contribution in [-0.4, -0.2) is 29.1 Å². The summed E-state index contributed by atoms with van der Waals surface area (Å²) >= 11 is 0. The summed E-state index contributed by atoms with van der Waals surface area (Å²) in [5.41, 5.74) is 0.0886. The fourth-order valence-electron chi connectivity index (χ4n) is 2.69. The van der Waals surface area contributed by atoms with E-state index in [1.807, 2.05) is 17.9 Å². The average Bonchev–Trinajstić information content (AvgIpc) is 2.86. The van der Waals surface area contributed by atoms with Gasteiger partial charge in [-0.25, -0.2) is 4.39 Å². The molecule has 2 rings (SSSR count). The first-order valence-corrected chi connectivity index (χ1v) is 6.65. The number of halogens is 1. The Bertz CT molecular complexity index is 567. The maximum Gasteiger partial charge on any atom is 0.310 e. The topological polar surface area (TPSA) is 64.3 Å². The second kappa shape index (κ2) is 5.59. The van der Waals surface area contributed by atoms with Crippen molar-refractivity contribution in [2.75, 3.05) is 13.1 Å². The van der Waals surface area contributed by atoms with E-state index < -0.39 is 17.2 Å². The molecule has 0 bridgehead atoms. The summed E-state index contributed by atoms with van der Waals surface area (Å²) in [6.45, 7) is 3.35. The monoisotopic (exact) mass is 276 g/mol. The van der Waals surface area contributed by atoms with Crippen LogP contribution in [0, 0.1) is 22.6 Å². The molecule has 1 unspecified atom stereocenters. The van der Waals surface area contributed by atoms with Crippen LogP contribution in [0.3, 0.4) is 0 Å². The number of benzene rings is 1. The van der Waals surface area contributed by atoms with Gasteiger partial charge in [0.25, 0.3) is 0 Å². The van der Waals surface area contributed by atoms with Gasteiger partial charge in [0, 0.05) is 18.7 Å². The molecule has 1 aliphatic rings. The standard InChI is InChI=1S/C15H17FN2O2/c1-2-15(14(19)20)5-6-18(10-15)9-12-4-3-11(8-17)7-13(12)16/h3-4,7H,2,5-6,9-10H2,1H3,(H,19,20). The van der Waals surface area contributed by atoms with E-state index >= 15 is 0 Å². The van der Waals surface area contributed by atoms with E-state index in [0.717, 1.165) is 0 Å². The summed E-state index contributed by atoms with van der Waals surface area (Å²) in [5.74, 6) is -1.18. The highest BCUT2D eigenvalue weighted by Gasteiger charge is 2.43. The Balaban J connectivity index is 2.09. The van der Waals surface area contributed by atoms with Gasteiger partial charge in [-0.2, -0.15) is 5.26 Å². The molecule has 20 heavy (non-hydrogen) atoms. The zero-order chi connectivity index (χ0) is 14.8. The third-order valence-corrected chi connectivity index (χ3v) is 4.14. The van der Waals surface area contributed by atoms with Gasteiger partial charge in [-0.05, 0) is 31.5 Å². The number of likely N-dealkylation sites (tertiary alicyclic amines) is 1. The van der Waals surface area contributed by atoms with Crippen molar-refractivity contribution < 1.29 is 14.3 Å². The third kappa shape index (κ3) is 2.66. The Morgan fingerprint density at radius 2 is 2.35 bits per heavy atom. The van der Waals surface area contributed by atoms with Crippen LogP contribution in [0.5, 0.6) is 0 Å². The summed E-state index contributed by atoms with van der Waals surface area (Å²) in [6.07, 6.45) is 1.17. The molecule has 106 valence electrons. The van der Waals surface area contributed by atoms with Crippen LogP contribution in [-0.2, 0) is 11.3 Å². The molecule has 0 radical (unpaired) electrons. The number of rotatable bonds is 4. The van der Waals surface area contributed by atoms with Gasteiger partial charge in [0.1, 0.15) is 5.82 Å². The Hall–Kier alpha value is -1.93. The second-order valence-corrected chi connectivity index (χ2v) is 5.32. The van der Waals surface area contributed by atoms with Crippen LogP contribution in [0.2, 0.25) is 0 Å². The molecule has 0 aliphatic carbocycles. The van der Waals surface area contributed by atoms with Gasteiger partial charge in [0.05, 0.1) is 17.0 Å². The van der Waals surface area contributed by atoms with Gasteiger partial charge in [-0.15, -0.1) is 0 Å². The lowest BCUT2D eigenvalue weighted by atomic mass is 9.84. The zero-order valence-electron chi connectivity index (χ0n) is 11.4. The molecule has 1 N–H and O–H groups in total. The molecule has 1 atom stereocenters. The first-order chi connectivity index (χ1) is 9.50. The highest BCUT2D eigenvalue weighted by molar-refractivity contribution is 5.75. The molecule has 1 aromatic rings. The third-order valence-electron chi connectivity index (χ3n) is 4.14. The van der Waals surface area contributed by atoms with E-state index in [-0.39, 0.29) is 0 Å². The number of carboxylic acid groups (broad SMARTS) is 1. The van der Waals surface area contributed by atoms with E-state index in [1.165, 1.54) is 6.07 Å². The number of nitriles is 1. The molecule has 4 nitrogen and oxygen atoms in total. The first kappa shape index (κ1) is 14.5. The molecule has 1 aliphatic heterocycles. The molecule has 0 amide bonds. The maximum atomic E-state index is 13.8. The number of carbonyl (C=O) groups is 1. The van der Waals surface area contributed by atoms with Crippen molar-refractivity contribution in [1.82, 2.24) is 4.90 Å². The Labute approximate surface area is 117 Å². The lowest BCUT2D eigenvalue weighted by Gasteiger charge is -2.23. The molecule has 1 heterocycles. The van der Waals surface area contributed by atoms with Gasteiger partial charge in [-0.1, -0.05) is 13.0 Å². The van der Waals surface area contributed by atoms with Gasteiger partial charge in [0.2, 0.25) is 0 Å². The molecule has 1 aromatic carbocycles. The summed E-state index contributed by atoms with van der Waals surface area (Å²) in [7, 11) is 0. The predicted octanol–water partition coefficient (Wildman–Crippen LogP) is 2.38. The van der Waals surface area contributed by atoms with Crippen molar-refractivity contribution in [2.24, 2.45) is 5.41 Å². The van der Waals surface area contributed by atoms with Crippen LogP contribution in [0.1, 0.15) is 30.9 Å². The minimum absolute atomic E-state index is 0.293. The smallest absolute Gasteiger partial charge is 0.310 e. The number of aliphatic carboxylic acids is 1. The van der Waals surface area contributed by atoms with E-state index in [1.54, 1.807) is 12.1 Å². The highest BCUT2D eigenvalue weighted by atomic mass is 19.1. The van der Waals surface area contributed by atoms with Crippen molar-refractivity contribution in [1.29, 1.82) is 5.26 Å². The van der Waals surface area contributed by atoms with Crippen molar-refractivity contribution >= 4 is 5.97 Å². The molecule has 0 spiro atoms. The first-order valence-electron chi connectivity index (χ1n) is 6.65. The molecular formula is C15H17FN2O2. The minimum atomic E-state index is -0.775. The number of nitrogens with zero attached hydrogens (tertiary/aromatic N) is 2. The van der Waals surface area contributed by atoms with Gasteiger partial charge in [-0.3, -0.25) is 9.69 Å². The van der Waals surface area contributed by atoms with Crippen LogP contribution in [0.25, 0.3) is 0 Å². The van der Waals surface area contributed by atoms with E-state index in [4.69, 9.17) is 5.26 Å². The Morgan fingerprint density at radius 1 is 1.60 bits per heavy atom. The van der Waals surface area contributed by atoms with Crippen LogP contribution < -0.4 is 0 Å². The Kier molecular flexibility index (Phi) is 4.05. The molecular weight excluding hydrogens is 259 g/mol. The minimum Gasteiger partial charge on any atom is -0.481 e. The predicted molar refractivity (Wildman–Crippen MR) is 71.4 cm³/mol. The van der Waals surface area contributed by atoms with Crippen LogP contribution in [0.15, 0.2) is 18.2 Å². The van der Waals surface area contributed by atoms with Crippen molar-refractivity contribution in [3.63, 3.8) is 0 Å². The van der Waals surface area contributed by atoms with Crippen LogP contribution in [0.4, 0.5) is 4.39 Å². The molecule has 0 aromatic heterocycles. The molecule has 5 heteroatoms. The number of carboxylic acids is 1. The van der Waals surface area contributed by atoms with E-state index in [0.29, 0.717) is 43.6 Å². The summed E-state index contributed by atoms with van der Waals surface area (Å²) in [5, 5.41) is 18.0. The normalized spacial score (nSPS) is 22.6. The van der Waals surface area contributed by atoms with E-state index in [9.17, 15) is 14.3 Å². The largest absolute Gasteiger partial charge is 0.481 e. The lowest BCUT2D eigenvalue weighted by Crippen LogP contribution is -2.34. The highest BCUT2D eigenvalue weighted by Crippen LogP contribution is 2.35. The maximum absolute atomic E-state index is 13.8. The van der Waals surface area contributed by atoms with Gasteiger partial charge >= 0.3 is 5.97 Å². The SMILES string of the molecule is CCC1(C(=O)O)CCN(Cc2ccc(C#N)cc2F)C1. The molecule has 0 saturated carbocycles. The quantitative estimate of drug-likeness (QED) is 0.917. The van der Waals surface area contributed by atoms with Crippen molar-refractivity contribution in [2.45, 2.75) is 26.3 Å². The second-order valence-electron chi connectivity index (χ2n) is 5.32. The van der Waals surface area contributed by atoms with Crippen molar-refractivity contribution in [3.05, 3.63) is 35.1 Å². The van der Waals surface area contributed by atoms with Gasteiger partial charge in [0.15, 0.2) is 0 Å². The number of hydrogen-bond donors (Lipinski definition) is 1. The number of hydrogen-bond acceptors (Lipinski definition) is 3. The van der Waals surface area contributed by atoms with Gasteiger partial charge < -0.3 is 5.11 Å². The summed E-state index contributed by atoms with van der Waals surface area (Å²) < 4.78 is 13.8. The summed E-state index contributed by atoms with van der Waals surface area (Å²) in [4.78, 5) is 13.3. The molecule has 1 saturated heterocycles. The lowest BCUT2D eigenvalue weighted by molar-refractivity contribution is -0.148. The fourth-order valence-corrected chi connectivity index (χ4v) is 2.69. The average molecular weight is 276 g/mol. The van der Waals surface area contributed by atoms with Crippen molar-refractivity contribution in [3.8, 4) is 6.07 Å². The van der Waals surface area contributed by atoms with E-state index in [2.05, 4.69) is 0 Å². The zero-order valence-corrected chi connectivity index (χ0v) is 11.4. The van der Waals surface area contributed by atoms with Crippen LogP contribution >= 0.6 is 0 Å². The fraction of sp³-hybridized carbons (Fsp3) is 0.467. The molecule has 1 fully saturated rings.